The molecule has 2 rings (SSSR count). The molecule has 70 valence electrons. The summed E-state index contributed by atoms with van der Waals surface area (Å²) in [6.45, 7) is 2.73. The molecule has 1 aliphatic heterocycles. The van der Waals surface area contributed by atoms with Crippen LogP contribution in [-0.4, -0.2) is 24.3 Å². The Balaban J connectivity index is 2.60. The van der Waals surface area contributed by atoms with Crippen molar-refractivity contribution in [2.45, 2.75) is 18.4 Å². The van der Waals surface area contributed by atoms with Gasteiger partial charge in [-0.05, 0) is 12.1 Å². The van der Waals surface area contributed by atoms with Crippen LogP contribution in [0.1, 0.15) is 12.6 Å². The second-order valence-electron chi connectivity index (χ2n) is 2.88. The Bertz CT molecular complexity index is 428. The van der Waals surface area contributed by atoms with Gasteiger partial charge in [0.15, 0.2) is 0 Å². The van der Waals surface area contributed by atoms with Crippen LogP contribution in [0.25, 0.3) is 0 Å². The molecule has 0 saturated carbocycles. The van der Waals surface area contributed by atoms with Crippen LogP contribution in [0.4, 0.5) is 0 Å². The minimum Gasteiger partial charge on any atom is -0.258 e. The van der Waals surface area contributed by atoms with Crippen LogP contribution in [-0.2, 0) is 16.6 Å². The Hall–Kier alpha value is -0.940. The fourth-order valence-electron chi connectivity index (χ4n) is 1.45. The highest BCUT2D eigenvalue weighted by Crippen LogP contribution is 2.27. The third-order valence-corrected chi connectivity index (χ3v) is 4.14. The molecule has 0 amide bonds. The molecule has 4 nitrogen and oxygen atoms in total. The smallest absolute Gasteiger partial charge is 0.245 e. The monoisotopic (exact) mass is 198 g/mol. The van der Waals surface area contributed by atoms with E-state index < -0.39 is 10.0 Å². The summed E-state index contributed by atoms with van der Waals surface area (Å²) in [5.74, 6) is 0. The third kappa shape index (κ3) is 1.15. The van der Waals surface area contributed by atoms with E-state index in [2.05, 4.69) is 4.98 Å². The molecule has 1 aliphatic rings. The molecule has 0 unspecified atom stereocenters. The molecule has 13 heavy (non-hydrogen) atoms. The van der Waals surface area contributed by atoms with Gasteiger partial charge in [-0.3, -0.25) is 4.98 Å². The molecule has 0 fully saturated rings. The zero-order valence-electron chi connectivity index (χ0n) is 7.27. The Morgan fingerprint density at radius 1 is 1.62 bits per heavy atom. The summed E-state index contributed by atoms with van der Waals surface area (Å²) in [6.07, 6.45) is 1.62. The first-order valence-corrected chi connectivity index (χ1v) is 5.54. The fraction of sp³-hybridized carbons (Fsp3) is 0.375. The normalized spacial score (nSPS) is 20.1. The first-order chi connectivity index (χ1) is 6.16. The average molecular weight is 198 g/mol. The zero-order chi connectivity index (χ0) is 9.47. The number of hydrogen-bond acceptors (Lipinski definition) is 3. The fourth-order valence-corrected chi connectivity index (χ4v) is 3.03. The molecule has 0 bridgehead atoms. The van der Waals surface area contributed by atoms with Crippen molar-refractivity contribution in [3.63, 3.8) is 0 Å². The van der Waals surface area contributed by atoms with Crippen molar-refractivity contribution in [2.24, 2.45) is 0 Å². The summed E-state index contributed by atoms with van der Waals surface area (Å²) < 4.78 is 24.8. The second kappa shape index (κ2) is 2.78. The largest absolute Gasteiger partial charge is 0.258 e. The summed E-state index contributed by atoms with van der Waals surface area (Å²) in [5.41, 5.74) is 0.657. The van der Waals surface area contributed by atoms with Crippen LogP contribution in [0.15, 0.2) is 23.2 Å². The van der Waals surface area contributed by atoms with Gasteiger partial charge in [-0.2, -0.15) is 4.31 Å². The van der Waals surface area contributed by atoms with Gasteiger partial charge in [0.2, 0.25) is 10.0 Å². The van der Waals surface area contributed by atoms with Crippen molar-refractivity contribution >= 4 is 10.0 Å². The van der Waals surface area contributed by atoms with E-state index in [1.165, 1.54) is 4.31 Å². The number of sulfonamides is 1. The maximum Gasteiger partial charge on any atom is 0.245 e. The lowest BCUT2D eigenvalue weighted by Gasteiger charge is -2.09. The number of aromatic nitrogens is 1. The van der Waals surface area contributed by atoms with Crippen LogP contribution in [0.2, 0.25) is 0 Å². The number of nitrogens with zero attached hydrogens (tertiary/aromatic N) is 2. The lowest BCUT2D eigenvalue weighted by atomic mass is 10.3. The summed E-state index contributed by atoms with van der Waals surface area (Å²) in [5, 5.41) is 0. The van der Waals surface area contributed by atoms with Gasteiger partial charge in [0.25, 0.3) is 0 Å². The number of rotatable bonds is 1. The lowest BCUT2D eigenvalue weighted by Crippen LogP contribution is -2.23. The molecule has 5 heteroatoms. The molecule has 0 spiro atoms. The maximum absolute atomic E-state index is 11.7. The standard InChI is InChI=1S/C8H10N2O2S/c1-2-10-6-7-8(13(10,11)12)4-3-5-9-7/h3-5H,2,6H2,1H3. The van der Waals surface area contributed by atoms with Gasteiger partial charge in [-0.25, -0.2) is 8.42 Å². The Morgan fingerprint density at radius 3 is 3.00 bits per heavy atom. The predicted octanol–water partition coefficient (Wildman–Crippen LogP) is 0.606. The Kier molecular flexibility index (Phi) is 1.85. The lowest BCUT2D eigenvalue weighted by molar-refractivity contribution is 0.440. The highest BCUT2D eigenvalue weighted by Gasteiger charge is 2.33. The SMILES string of the molecule is CCN1Cc2ncccc2S1(=O)=O. The molecule has 0 atom stereocenters. The first-order valence-electron chi connectivity index (χ1n) is 4.10. The third-order valence-electron chi connectivity index (χ3n) is 2.15. The van der Waals surface area contributed by atoms with Crippen LogP contribution in [0, 0.1) is 0 Å². The molecular formula is C8H10N2O2S. The second-order valence-corrected chi connectivity index (χ2v) is 4.79. The predicted molar refractivity (Wildman–Crippen MR) is 47.5 cm³/mol. The van der Waals surface area contributed by atoms with Crippen LogP contribution >= 0.6 is 0 Å². The van der Waals surface area contributed by atoms with Crippen molar-refractivity contribution in [1.29, 1.82) is 0 Å². The average Bonchev–Trinajstić information content (AvgIpc) is 2.39. The van der Waals surface area contributed by atoms with E-state index >= 15 is 0 Å². The zero-order valence-corrected chi connectivity index (χ0v) is 8.08. The highest BCUT2D eigenvalue weighted by molar-refractivity contribution is 7.89. The molecular weight excluding hydrogens is 188 g/mol. The number of hydrogen-bond donors (Lipinski definition) is 0. The van der Waals surface area contributed by atoms with E-state index in [4.69, 9.17) is 0 Å². The Morgan fingerprint density at radius 2 is 2.38 bits per heavy atom. The van der Waals surface area contributed by atoms with Gasteiger partial charge < -0.3 is 0 Å². The van der Waals surface area contributed by atoms with Crippen molar-refractivity contribution in [3.05, 3.63) is 24.0 Å². The molecule has 0 saturated heterocycles. The van der Waals surface area contributed by atoms with Crippen LogP contribution < -0.4 is 0 Å². The summed E-state index contributed by atoms with van der Waals surface area (Å²) in [4.78, 5) is 4.39. The van der Waals surface area contributed by atoms with E-state index in [1.54, 1.807) is 18.3 Å². The quantitative estimate of drug-likeness (QED) is 0.664. The molecule has 0 radical (unpaired) electrons. The first kappa shape index (κ1) is 8.65. The van der Waals surface area contributed by atoms with Crippen LogP contribution in [0.3, 0.4) is 0 Å². The van der Waals surface area contributed by atoms with E-state index in [1.807, 2.05) is 6.92 Å². The van der Waals surface area contributed by atoms with Crippen molar-refractivity contribution in [1.82, 2.24) is 9.29 Å². The van der Waals surface area contributed by atoms with E-state index in [0.717, 1.165) is 0 Å². The van der Waals surface area contributed by atoms with Gasteiger partial charge in [-0.1, -0.05) is 6.92 Å². The highest BCUT2D eigenvalue weighted by atomic mass is 32.2. The summed E-state index contributed by atoms with van der Waals surface area (Å²) >= 11 is 0. The minimum atomic E-state index is -3.23. The van der Waals surface area contributed by atoms with Gasteiger partial charge in [-0.15, -0.1) is 0 Å². The minimum absolute atomic E-state index is 0.358. The van der Waals surface area contributed by atoms with E-state index in [9.17, 15) is 8.42 Å². The topological polar surface area (TPSA) is 50.3 Å². The molecule has 0 aromatic carbocycles. The van der Waals surface area contributed by atoms with E-state index in [0.29, 0.717) is 23.7 Å². The molecule has 1 aromatic heterocycles. The summed E-state index contributed by atoms with van der Waals surface area (Å²) in [6, 6.07) is 3.25. The molecule has 0 N–H and O–H groups in total. The van der Waals surface area contributed by atoms with Crippen molar-refractivity contribution in [3.8, 4) is 0 Å². The number of fused-ring (bicyclic) bond motifs is 1. The van der Waals surface area contributed by atoms with E-state index in [-0.39, 0.29) is 0 Å². The Labute approximate surface area is 77.3 Å². The molecule has 1 aromatic rings. The van der Waals surface area contributed by atoms with Gasteiger partial charge in [0.05, 0.1) is 12.2 Å². The van der Waals surface area contributed by atoms with Gasteiger partial charge in [0, 0.05) is 12.7 Å². The van der Waals surface area contributed by atoms with Crippen LogP contribution in [0.5, 0.6) is 0 Å². The van der Waals surface area contributed by atoms with Gasteiger partial charge in [0.1, 0.15) is 4.90 Å². The molecule has 2 heterocycles. The summed E-state index contributed by atoms with van der Waals surface area (Å²) in [7, 11) is -3.23. The number of pyridine rings is 1. The van der Waals surface area contributed by atoms with Crippen molar-refractivity contribution in [2.75, 3.05) is 6.54 Å². The molecule has 0 aliphatic carbocycles. The maximum atomic E-state index is 11.7. The van der Waals surface area contributed by atoms with Gasteiger partial charge >= 0.3 is 0 Å². The van der Waals surface area contributed by atoms with Crippen molar-refractivity contribution < 1.29 is 8.42 Å².